The van der Waals surface area contributed by atoms with E-state index in [1.165, 1.54) is 0 Å². The molecule has 2 rings (SSSR count). The van der Waals surface area contributed by atoms with Gasteiger partial charge in [0.15, 0.2) is 5.62 Å². The van der Waals surface area contributed by atoms with E-state index in [1.54, 1.807) is 24.3 Å². The number of hydrogen-bond donors (Lipinski definition) is 2. The molecule has 108 valence electrons. The van der Waals surface area contributed by atoms with Crippen LogP contribution >= 0.6 is 0 Å². The second-order valence-corrected chi connectivity index (χ2v) is 6.12. The van der Waals surface area contributed by atoms with Gasteiger partial charge in [0.1, 0.15) is 6.29 Å². The minimum absolute atomic E-state index is 0.286. The Bertz CT molecular complexity index is 512. The lowest BCUT2D eigenvalue weighted by atomic mass is 9.69. The zero-order chi connectivity index (χ0) is 15.2. The van der Waals surface area contributed by atoms with Crippen LogP contribution in [0.1, 0.15) is 43.6 Å². The lowest BCUT2D eigenvalue weighted by Crippen LogP contribution is -2.53. The molecule has 5 nitrogen and oxygen atoms in total. The van der Waals surface area contributed by atoms with Crippen molar-refractivity contribution in [2.45, 2.75) is 44.5 Å². The van der Waals surface area contributed by atoms with Crippen molar-refractivity contribution >= 4 is 13.4 Å². The molecule has 1 atom stereocenters. The average Bonchev–Trinajstić information content (AvgIpc) is 2.59. The van der Waals surface area contributed by atoms with Crippen LogP contribution in [0, 0.1) is 0 Å². The molecule has 1 aliphatic rings. The number of benzene rings is 1. The van der Waals surface area contributed by atoms with Crippen LogP contribution in [-0.4, -0.2) is 29.7 Å². The first-order chi connectivity index (χ1) is 9.12. The monoisotopic (exact) mass is 277 g/mol. The second-order valence-electron chi connectivity index (χ2n) is 6.12. The highest BCUT2D eigenvalue weighted by molar-refractivity contribution is 6.49. The Kier molecular flexibility index (Phi) is 3.54. The molecule has 20 heavy (non-hydrogen) atoms. The molecule has 6 heteroatoms. The summed E-state index contributed by atoms with van der Waals surface area (Å²) < 4.78 is 11.5. The summed E-state index contributed by atoms with van der Waals surface area (Å²) in [6, 6.07) is 6.58. The van der Waals surface area contributed by atoms with Gasteiger partial charge in [0.05, 0.1) is 11.2 Å². The highest BCUT2D eigenvalue weighted by Gasteiger charge is 2.59. The van der Waals surface area contributed by atoms with Crippen molar-refractivity contribution in [2.75, 3.05) is 0 Å². The van der Waals surface area contributed by atoms with Gasteiger partial charge in [-0.15, -0.1) is 0 Å². The van der Waals surface area contributed by atoms with Crippen LogP contribution in [-0.2, 0) is 14.9 Å². The average molecular weight is 277 g/mol. The lowest BCUT2D eigenvalue weighted by molar-refractivity contribution is 0.00578. The third-order valence-electron chi connectivity index (χ3n) is 4.13. The van der Waals surface area contributed by atoms with E-state index in [1.807, 2.05) is 27.7 Å². The fourth-order valence-electron chi connectivity index (χ4n) is 2.11. The molecule has 1 fully saturated rings. The Morgan fingerprint density at radius 1 is 1.20 bits per heavy atom. The lowest BCUT2D eigenvalue weighted by Gasteiger charge is -2.32. The summed E-state index contributed by atoms with van der Waals surface area (Å²) in [7, 11) is -1.05. The summed E-state index contributed by atoms with van der Waals surface area (Å²) in [6.45, 7) is 7.48. The maximum Gasteiger partial charge on any atom is 0.512 e. The van der Waals surface area contributed by atoms with E-state index in [9.17, 15) is 9.90 Å². The minimum atomic E-state index is -1.90. The fourth-order valence-corrected chi connectivity index (χ4v) is 2.11. The van der Waals surface area contributed by atoms with Gasteiger partial charge < -0.3 is 20.1 Å². The summed E-state index contributed by atoms with van der Waals surface area (Å²) in [6.07, 6.45) is 0.651. The molecule has 0 aliphatic carbocycles. The van der Waals surface area contributed by atoms with Crippen LogP contribution in [0.5, 0.6) is 0 Å². The third kappa shape index (κ3) is 2.29. The molecular weight excluding hydrogens is 257 g/mol. The van der Waals surface area contributed by atoms with E-state index in [4.69, 9.17) is 15.0 Å². The van der Waals surface area contributed by atoms with Gasteiger partial charge in [0.25, 0.3) is 0 Å². The summed E-state index contributed by atoms with van der Waals surface area (Å²) >= 11 is 0. The largest absolute Gasteiger partial charge is 0.512 e. The molecule has 0 aromatic heterocycles. The van der Waals surface area contributed by atoms with Gasteiger partial charge in [-0.3, -0.25) is 4.79 Å². The Labute approximate surface area is 119 Å². The Morgan fingerprint density at radius 3 is 2.20 bits per heavy atom. The maximum atomic E-state index is 11.1. The number of rotatable bonds is 3. The van der Waals surface area contributed by atoms with Crippen LogP contribution in [0.4, 0.5) is 0 Å². The molecule has 1 aromatic rings. The van der Waals surface area contributed by atoms with Crippen LogP contribution < -0.4 is 5.73 Å². The smallest absolute Gasteiger partial charge is 0.400 e. The van der Waals surface area contributed by atoms with Gasteiger partial charge in [-0.2, -0.15) is 0 Å². The van der Waals surface area contributed by atoms with Crippen molar-refractivity contribution in [1.29, 1.82) is 0 Å². The molecule has 0 spiro atoms. The third-order valence-corrected chi connectivity index (χ3v) is 4.13. The number of nitrogens with two attached hydrogens (primary N) is 1. The van der Waals surface area contributed by atoms with E-state index >= 15 is 0 Å². The van der Waals surface area contributed by atoms with Gasteiger partial charge >= 0.3 is 7.12 Å². The number of carbonyl (C=O) groups excluding carboxylic acids is 1. The molecule has 0 amide bonds. The van der Waals surface area contributed by atoms with Gasteiger partial charge in [-0.05, 0) is 27.7 Å². The van der Waals surface area contributed by atoms with E-state index in [0.29, 0.717) is 11.8 Å². The van der Waals surface area contributed by atoms with E-state index in [2.05, 4.69) is 0 Å². The maximum absolute atomic E-state index is 11.1. The zero-order valence-electron chi connectivity index (χ0n) is 12.2. The standard InChI is InChI=1S/C14H20BNO4/c1-12(2)13(3,4)20-15(19-12)14(16,18)11-8-6-5-7-10(11)9-17/h5-9,18H,16H2,1-4H3/t14-/m1/s1. The highest BCUT2D eigenvalue weighted by atomic mass is 16.7. The van der Waals surface area contributed by atoms with E-state index in [0.717, 1.165) is 0 Å². The molecule has 0 bridgehead atoms. The number of aliphatic hydroxyl groups is 1. The van der Waals surface area contributed by atoms with Crippen LogP contribution in [0.3, 0.4) is 0 Å². The van der Waals surface area contributed by atoms with Gasteiger partial charge in [0.2, 0.25) is 0 Å². The number of aldehydes is 1. The Balaban J connectivity index is 2.40. The van der Waals surface area contributed by atoms with Gasteiger partial charge in [-0.1, -0.05) is 24.3 Å². The summed E-state index contributed by atoms with van der Waals surface area (Å²) in [5.74, 6) is 0. The molecule has 0 radical (unpaired) electrons. The highest BCUT2D eigenvalue weighted by Crippen LogP contribution is 2.41. The quantitative estimate of drug-likeness (QED) is 0.493. The molecular formula is C14H20BNO4. The Morgan fingerprint density at radius 2 is 1.70 bits per heavy atom. The zero-order valence-corrected chi connectivity index (χ0v) is 12.2. The molecule has 1 saturated heterocycles. The topological polar surface area (TPSA) is 81.8 Å². The van der Waals surface area contributed by atoms with E-state index in [-0.39, 0.29) is 5.56 Å². The fraction of sp³-hybridized carbons (Fsp3) is 0.500. The summed E-state index contributed by atoms with van der Waals surface area (Å²) in [5, 5.41) is 10.6. The van der Waals surface area contributed by atoms with E-state index < -0.39 is 23.9 Å². The SMILES string of the molecule is CC1(C)OB([C@](N)(O)c2ccccc2C=O)OC1(C)C. The first-order valence-electron chi connectivity index (χ1n) is 6.53. The van der Waals surface area contributed by atoms with Crippen molar-refractivity contribution in [1.82, 2.24) is 0 Å². The normalized spacial score (nSPS) is 23.4. The first kappa shape index (κ1) is 15.2. The van der Waals surface area contributed by atoms with Gasteiger partial charge in [0, 0.05) is 11.1 Å². The molecule has 1 aliphatic heterocycles. The Hall–Kier alpha value is -1.21. The minimum Gasteiger partial charge on any atom is -0.400 e. The predicted octanol–water partition coefficient (Wildman–Crippen LogP) is 1.23. The second kappa shape index (κ2) is 4.67. The number of hydrogen-bond acceptors (Lipinski definition) is 5. The van der Waals surface area contributed by atoms with Gasteiger partial charge in [-0.25, -0.2) is 0 Å². The molecule has 0 unspecified atom stereocenters. The predicted molar refractivity (Wildman–Crippen MR) is 76.0 cm³/mol. The van der Waals surface area contributed by atoms with Crippen LogP contribution in [0.15, 0.2) is 24.3 Å². The molecule has 1 aromatic carbocycles. The van der Waals surface area contributed by atoms with Crippen molar-refractivity contribution in [3.63, 3.8) is 0 Å². The molecule has 1 heterocycles. The van der Waals surface area contributed by atoms with Crippen LogP contribution in [0.2, 0.25) is 0 Å². The van der Waals surface area contributed by atoms with Crippen molar-refractivity contribution in [2.24, 2.45) is 5.73 Å². The molecule has 0 saturated carbocycles. The van der Waals surface area contributed by atoms with Crippen molar-refractivity contribution < 1.29 is 19.2 Å². The summed E-state index contributed by atoms with van der Waals surface area (Å²) in [5.41, 5.74) is 3.49. The molecule has 3 N–H and O–H groups in total. The summed E-state index contributed by atoms with van der Waals surface area (Å²) in [4.78, 5) is 11.1. The van der Waals surface area contributed by atoms with Crippen molar-refractivity contribution in [3.8, 4) is 0 Å². The van der Waals surface area contributed by atoms with Crippen molar-refractivity contribution in [3.05, 3.63) is 35.4 Å². The first-order valence-corrected chi connectivity index (χ1v) is 6.53. The van der Waals surface area contributed by atoms with Crippen LogP contribution in [0.25, 0.3) is 0 Å². The number of carbonyl (C=O) groups is 1.